The molecule has 5 heteroatoms. The lowest BCUT2D eigenvalue weighted by molar-refractivity contribution is -0.0149. The molecule has 0 saturated heterocycles. The fraction of sp³-hybridized carbons (Fsp3) is 0.474. The summed E-state index contributed by atoms with van der Waals surface area (Å²) in [6.45, 7) is 10.8. The Hall–Kier alpha value is -2.14. The Morgan fingerprint density at radius 3 is 2.67 bits per heavy atom. The number of ether oxygens (including phenoxy) is 1. The van der Waals surface area contributed by atoms with Crippen molar-refractivity contribution < 1.29 is 14.1 Å². The van der Waals surface area contributed by atoms with Crippen LogP contribution in [0.2, 0.25) is 0 Å². The Morgan fingerprint density at radius 1 is 1.29 bits per heavy atom. The summed E-state index contributed by atoms with van der Waals surface area (Å²) >= 11 is 0. The number of hydrogen-bond donors (Lipinski definition) is 1. The van der Waals surface area contributed by atoms with Crippen molar-refractivity contribution in [2.24, 2.45) is 0 Å². The van der Waals surface area contributed by atoms with Crippen LogP contribution in [-0.2, 0) is 24.3 Å². The molecule has 0 atom stereocenters. The molecule has 2 aromatic rings. The average molecular weight is 330 g/mol. The summed E-state index contributed by atoms with van der Waals surface area (Å²) in [6.07, 6.45) is 0.666. The average Bonchev–Trinajstić information content (AvgIpc) is 2.91. The monoisotopic (exact) mass is 330 g/mol. The molecule has 0 fully saturated rings. The topological polar surface area (TPSA) is 64.4 Å². The lowest BCUT2D eigenvalue weighted by atomic mass is 10.1. The fourth-order valence-corrected chi connectivity index (χ4v) is 2.35. The van der Waals surface area contributed by atoms with Gasteiger partial charge in [0.25, 0.3) is 5.91 Å². The maximum Gasteiger partial charge on any atom is 0.257 e. The summed E-state index contributed by atoms with van der Waals surface area (Å²) in [7, 11) is 0. The van der Waals surface area contributed by atoms with E-state index in [9.17, 15) is 4.79 Å². The van der Waals surface area contributed by atoms with Gasteiger partial charge in [-0.1, -0.05) is 36.3 Å². The molecule has 1 heterocycles. The third-order valence-electron chi connectivity index (χ3n) is 3.61. The van der Waals surface area contributed by atoms with E-state index in [0.29, 0.717) is 36.6 Å². The van der Waals surface area contributed by atoms with E-state index in [1.165, 1.54) is 0 Å². The second-order valence-electron chi connectivity index (χ2n) is 6.82. The first-order valence-electron chi connectivity index (χ1n) is 8.25. The molecule has 1 amide bonds. The van der Waals surface area contributed by atoms with Gasteiger partial charge in [0.05, 0.1) is 17.9 Å². The zero-order valence-corrected chi connectivity index (χ0v) is 15.1. The highest BCUT2D eigenvalue weighted by atomic mass is 16.5. The molecule has 0 aliphatic heterocycles. The third kappa shape index (κ3) is 4.93. The summed E-state index contributed by atoms with van der Waals surface area (Å²) in [5.74, 6) is 0.402. The molecule has 0 spiro atoms. The van der Waals surface area contributed by atoms with Gasteiger partial charge in [-0.05, 0) is 45.2 Å². The largest absolute Gasteiger partial charge is 0.371 e. The number of carbonyl (C=O) groups is 1. The van der Waals surface area contributed by atoms with Crippen LogP contribution >= 0.6 is 0 Å². The number of nitrogens with one attached hydrogen (secondary N) is 1. The van der Waals surface area contributed by atoms with Crippen LogP contribution in [0.1, 0.15) is 60.6 Å². The van der Waals surface area contributed by atoms with Crippen LogP contribution in [-0.4, -0.2) is 16.7 Å². The van der Waals surface area contributed by atoms with Crippen molar-refractivity contribution >= 4 is 5.91 Å². The van der Waals surface area contributed by atoms with E-state index in [4.69, 9.17) is 9.26 Å². The first-order valence-corrected chi connectivity index (χ1v) is 8.25. The Balaban J connectivity index is 1.99. The quantitative estimate of drug-likeness (QED) is 0.875. The van der Waals surface area contributed by atoms with E-state index in [1.54, 1.807) is 6.92 Å². The van der Waals surface area contributed by atoms with Crippen LogP contribution in [0.15, 0.2) is 28.8 Å². The van der Waals surface area contributed by atoms with E-state index in [0.717, 1.165) is 11.1 Å². The van der Waals surface area contributed by atoms with Gasteiger partial charge in [0, 0.05) is 6.54 Å². The van der Waals surface area contributed by atoms with Crippen LogP contribution in [0.5, 0.6) is 0 Å². The standard InChI is InChI=1S/C19H26N2O3/c1-6-16-17(13(2)24-21-16)18(22)20-11-14-8-7-9-15(10-14)12-23-19(3,4)5/h7-10H,6,11-12H2,1-5H3,(H,20,22). The Bertz CT molecular complexity index is 699. The van der Waals surface area contributed by atoms with Crippen molar-refractivity contribution in [3.63, 3.8) is 0 Å². The van der Waals surface area contributed by atoms with Crippen LogP contribution in [0.3, 0.4) is 0 Å². The zero-order valence-electron chi connectivity index (χ0n) is 15.1. The van der Waals surface area contributed by atoms with Gasteiger partial charge in [0.1, 0.15) is 11.3 Å². The summed E-state index contributed by atoms with van der Waals surface area (Å²) in [4.78, 5) is 12.4. The third-order valence-corrected chi connectivity index (χ3v) is 3.61. The van der Waals surface area contributed by atoms with E-state index in [1.807, 2.05) is 52.0 Å². The maximum atomic E-state index is 12.4. The molecule has 0 aliphatic rings. The highest BCUT2D eigenvalue weighted by Crippen LogP contribution is 2.15. The number of benzene rings is 1. The van der Waals surface area contributed by atoms with Gasteiger partial charge in [-0.15, -0.1) is 0 Å². The minimum atomic E-state index is -0.174. The first kappa shape index (κ1) is 18.2. The molecule has 0 aliphatic carbocycles. The normalized spacial score (nSPS) is 11.5. The minimum absolute atomic E-state index is 0.151. The predicted octanol–water partition coefficient (Wildman–Crippen LogP) is 3.79. The van der Waals surface area contributed by atoms with Crippen molar-refractivity contribution in [1.29, 1.82) is 0 Å². The van der Waals surface area contributed by atoms with Crippen molar-refractivity contribution in [2.75, 3.05) is 0 Å². The van der Waals surface area contributed by atoms with Crippen LogP contribution in [0.25, 0.3) is 0 Å². The van der Waals surface area contributed by atoms with Gasteiger partial charge in [-0.2, -0.15) is 0 Å². The van der Waals surface area contributed by atoms with E-state index >= 15 is 0 Å². The summed E-state index contributed by atoms with van der Waals surface area (Å²) < 4.78 is 10.9. The number of nitrogens with zero attached hydrogens (tertiary/aromatic N) is 1. The van der Waals surface area contributed by atoms with Gasteiger partial charge in [0.2, 0.25) is 0 Å². The molecule has 24 heavy (non-hydrogen) atoms. The molecule has 1 aromatic carbocycles. The molecule has 0 saturated carbocycles. The molecule has 1 aromatic heterocycles. The maximum absolute atomic E-state index is 12.4. The highest BCUT2D eigenvalue weighted by molar-refractivity contribution is 5.96. The van der Waals surface area contributed by atoms with Crippen molar-refractivity contribution in [3.8, 4) is 0 Å². The Labute approximate surface area is 143 Å². The van der Waals surface area contributed by atoms with E-state index < -0.39 is 0 Å². The van der Waals surface area contributed by atoms with Gasteiger partial charge >= 0.3 is 0 Å². The fourth-order valence-electron chi connectivity index (χ4n) is 2.35. The molecule has 2 rings (SSSR count). The first-order chi connectivity index (χ1) is 11.3. The number of aromatic nitrogens is 1. The van der Waals surface area contributed by atoms with E-state index in [2.05, 4.69) is 10.5 Å². The smallest absolute Gasteiger partial charge is 0.257 e. The van der Waals surface area contributed by atoms with Crippen molar-refractivity contribution in [2.45, 2.75) is 59.8 Å². The molecule has 0 radical (unpaired) electrons. The second-order valence-corrected chi connectivity index (χ2v) is 6.82. The molecular formula is C19H26N2O3. The van der Waals surface area contributed by atoms with E-state index in [-0.39, 0.29) is 11.5 Å². The van der Waals surface area contributed by atoms with Gasteiger partial charge in [-0.3, -0.25) is 4.79 Å². The number of amides is 1. The zero-order chi connectivity index (χ0) is 17.7. The summed E-state index contributed by atoms with van der Waals surface area (Å²) in [6, 6.07) is 8.04. The Morgan fingerprint density at radius 2 is 2.00 bits per heavy atom. The van der Waals surface area contributed by atoms with Gasteiger partial charge in [0.15, 0.2) is 0 Å². The second kappa shape index (κ2) is 7.62. The van der Waals surface area contributed by atoms with Crippen LogP contribution in [0.4, 0.5) is 0 Å². The number of hydrogen-bond acceptors (Lipinski definition) is 4. The summed E-state index contributed by atoms with van der Waals surface area (Å²) in [5, 5.41) is 6.86. The minimum Gasteiger partial charge on any atom is -0.371 e. The van der Waals surface area contributed by atoms with Crippen molar-refractivity contribution in [3.05, 3.63) is 52.4 Å². The highest BCUT2D eigenvalue weighted by Gasteiger charge is 2.18. The molecular weight excluding hydrogens is 304 g/mol. The molecule has 0 unspecified atom stereocenters. The number of carbonyl (C=O) groups excluding carboxylic acids is 1. The van der Waals surface area contributed by atoms with Gasteiger partial charge < -0.3 is 14.6 Å². The van der Waals surface area contributed by atoms with Gasteiger partial charge in [-0.25, -0.2) is 0 Å². The summed E-state index contributed by atoms with van der Waals surface area (Å²) in [5.41, 5.74) is 3.19. The molecule has 1 N–H and O–H groups in total. The van der Waals surface area contributed by atoms with Crippen LogP contribution < -0.4 is 5.32 Å². The lowest BCUT2D eigenvalue weighted by Crippen LogP contribution is -2.24. The van der Waals surface area contributed by atoms with Crippen molar-refractivity contribution in [1.82, 2.24) is 10.5 Å². The van der Waals surface area contributed by atoms with Crippen LogP contribution in [0, 0.1) is 6.92 Å². The molecule has 0 bridgehead atoms. The number of rotatable bonds is 6. The predicted molar refractivity (Wildman–Crippen MR) is 92.8 cm³/mol. The molecule has 130 valence electrons. The Kier molecular flexibility index (Phi) is 5.78. The SMILES string of the molecule is CCc1noc(C)c1C(=O)NCc1cccc(COC(C)(C)C)c1. The lowest BCUT2D eigenvalue weighted by Gasteiger charge is -2.19. The molecule has 5 nitrogen and oxygen atoms in total. The number of aryl methyl sites for hydroxylation is 2.